The number of aromatic nitrogens is 3. The highest BCUT2D eigenvalue weighted by Gasteiger charge is 2.15. The van der Waals surface area contributed by atoms with Crippen LogP contribution in [0.5, 0.6) is 0 Å². The lowest BCUT2D eigenvalue weighted by atomic mass is 10.0. The molecular weight excluding hydrogens is 384 g/mol. The van der Waals surface area contributed by atoms with Gasteiger partial charge in [0.2, 0.25) is 0 Å². The zero-order valence-electron chi connectivity index (χ0n) is 16.2. The fraction of sp³-hybridized carbons (Fsp3) is 0.174. The highest BCUT2D eigenvalue weighted by molar-refractivity contribution is 5.97. The Labute approximate surface area is 176 Å². The first-order chi connectivity index (χ1) is 13.7. The van der Waals surface area contributed by atoms with Gasteiger partial charge in [-0.1, -0.05) is 37.3 Å². The number of fused-ring (bicyclic) bond motifs is 1. The van der Waals surface area contributed by atoms with E-state index in [0.29, 0.717) is 5.56 Å². The lowest BCUT2D eigenvalue weighted by Gasteiger charge is -2.17. The van der Waals surface area contributed by atoms with E-state index in [4.69, 9.17) is 0 Å². The fourth-order valence-corrected chi connectivity index (χ4v) is 3.36. The third-order valence-electron chi connectivity index (χ3n) is 4.90. The maximum atomic E-state index is 12.8. The number of nitrogens with one attached hydrogen (secondary N) is 1. The Morgan fingerprint density at radius 3 is 2.55 bits per heavy atom. The molecule has 0 spiro atoms. The minimum absolute atomic E-state index is 0. The maximum absolute atomic E-state index is 12.8. The van der Waals surface area contributed by atoms with Crippen LogP contribution in [0.1, 0.15) is 40.9 Å². The molecule has 6 heteroatoms. The number of hydrogen-bond acceptors (Lipinski definition) is 3. The Morgan fingerprint density at radius 1 is 1.07 bits per heavy atom. The molecule has 1 atom stereocenters. The Balaban J connectivity index is 0.00000240. The first-order valence-electron chi connectivity index (χ1n) is 9.44. The van der Waals surface area contributed by atoms with Gasteiger partial charge < -0.3 is 9.88 Å². The van der Waals surface area contributed by atoms with Gasteiger partial charge in [-0.25, -0.2) is 4.98 Å². The summed E-state index contributed by atoms with van der Waals surface area (Å²) in [5.41, 5.74) is 4.71. The van der Waals surface area contributed by atoms with E-state index in [1.165, 1.54) is 0 Å². The molecule has 1 N–H and O–H groups in total. The van der Waals surface area contributed by atoms with Crippen molar-refractivity contribution in [3.63, 3.8) is 0 Å². The number of hydrogen-bond donors (Lipinski definition) is 1. The number of benzene rings is 2. The van der Waals surface area contributed by atoms with E-state index in [-0.39, 0.29) is 24.4 Å². The van der Waals surface area contributed by atoms with Crippen molar-refractivity contribution < 1.29 is 4.79 Å². The molecule has 29 heavy (non-hydrogen) atoms. The van der Waals surface area contributed by atoms with Gasteiger partial charge in [-0.15, -0.1) is 12.4 Å². The minimum atomic E-state index is -0.0821. The number of halogens is 1. The van der Waals surface area contributed by atoms with E-state index < -0.39 is 0 Å². The van der Waals surface area contributed by atoms with E-state index in [2.05, 4.69) is 26.8 Å². The van der Waals surface area contributed by atoms with E-state index in [1.807, 2.05) is 67.0 Å². The molecule has 0 aliphatic heterocycles. The van der Waals surface area contributed by atoms with Crippen molar-refractivity contribution >= 4 is 29.3 Å². The fourth-order valence-electron chi connectivity index (χ4n) is 3.36. The monoisotopic (exact) mass is 406 g/mol. The number of imidazole rings is 1. The van der Waals surface area contributed by atoms with Crippen molar-refractivity contribution in [2.45, 2.75) is 25.9 Å². The molecule has 4 rings (SSSR count). The summed E-state index contributed by atoms with van der Waals surface area (Å²) in [6, 6.07) is 19.7. The molecule has 0 saturated carbocycles. The average molecular weight is 407 g/mol. The van der Waals surface area contributed by atoms with Gasteiger partial charge in [0, 0.05) is 24.5 Å². The Bertz CT molecular complexity index is 1080. The molecule has 5 nitrogen and oxygen atoms in total. The summed E-state index contributed by atoms with van der Waals surface area (Å²) in [4.78, 5) is 21.3. The van der Waals surface area contributed by atoms with E-state index in [1.54, 1.807) is 12.4 Å². The van der Waals surface area contributed by atoms with Crippen molar-refractivity contribution in [3.8, 4) is 0 Å². The van der Waals surface area contributed by atoms with E-state index >= 15 is 0 Å². The summed E-state index contributed by atoms with van der Waals surface area (Å²) >= 11 is 0. The molecule has 2 aromatic carbocycles. The lowest BCUT2D eigenvalue weighted by molar-refractivity contribution is 0.0935. The van der Waals surface area contributed by atoms with Crippen molar-refractivity contribution in [1.29, 1.82) is 0 Å². The van der Waals surface area contributed by atoms with Gasteiger partial charge in [0.05, 0.1) is 23.4 Å². The van der Waals surface area contributed by atoms with Gasteiger partial charge in [0.25, 0.3) is 5.91 Å². The van der Waals surface area contributed by atoms with Crippen molar-refractivity contribution in [2.75, 3.05) is 0 Å². The SMILES string of the molecule is CC[C@@H](NC(=O)c1ccc2c(c1)ncn2Cc1ccncc1)c1ccccc1.Cl. The van der Waals surface area contributed by atoms with Crippen LogP contribution in [0.2, 0.25) is 0 Å². The molecule has 2 heterocycles. The molecule has 0 aliphatic carbocycles. The second-order valence-electron chi connectivity index (χ2n) is 6.78. The molecule has 0 aliphatic rings. The van der Waals surface area contributed by atoms with Crippen LogP contribution in [0.3, 0.4) is 0 Å². The van der Waals surface area contributed by atoms with Crippen LogP contribution < -0.4 is 5.32 Å². The molecule has 148 valence electrons. The third-order valence-corrected chi connectivity index (χ3v) is 4.90. The third kappa shape index (κ3) is 4.63. The van der Waals surface area contributed by atoms with Gasteiger partial charge in [-0.3, -0.25) is 9.78 Å². The second kappa shape index (κ2) is 9.34. The summed E-state index contributed by atoms with van der Waals surface area (Å²) in [6.07, 6.45) is 6.21. The molecule has 0 fully saturated rings. The summed E-state index contributed by atoms with van der Waals surface area (Å²) < 4.78 is 2.07. The summed E-state index contributed by atoms with van der Waals surface area (Å²) in [7, 11) is 0. The smallest absolute Gasteiger partial charge is 0.251 e. The quantitative estimate of drug-likeness (QED) is 0.501. The zero-order valence-corrected chi connectivity index (χ0v) is 17.0. The van der Waals surface area contributed by atoms with Crippen LogP contribution in [-0.2, 0) is 6.54 Å². The zero-order chi connectivity index (χ0) is 19.3. The van der Waals surface area contributed by atoms with Crippen LogP contribution in [0.4, 0.5) is 0 Å². The largest absolute Gasteiger partial charge is 0.345 e. The highest BCUT2D eigenvalue weighted by atomic mass is 35.5. The van der Waals surface area contributed by atoms with Crippen molar-refractivity contribution in [1.82, 2.24) is 19.9 Å². The number of rotatable bonds is 6. The van der Waals surface area contributed by atoms with Gasteiger partial charge in [-0.2, -0.15) is 0 Å². The molecule has 0 bridgehead atoms. The molecule has 1 amide bonds. The highest BCUT2D eigenvalue weighted by Crippen LogP contribution is 2.19. The Hall–Kier alpha value is -3.18. The first-order valence-corrected chi connectivity index (χ1v) is 9.44. The summed E-state index contributed by atoms with van der Waals surface area (Å²) in [5, 5.41) is 3.13. The molecule has 2 aromatic heterocycles. The predicted molar refractivity (Wildman–Crippen MR) is 117 cm³/mol. The van der Waals surface area contributed by atoms with Crippen LogP contribution >= 0.6 is 12.4 Å². The number of nitrogens with zero attached hydrogens (tertiary/aromatic N) is 3. The van der Waals surface area contributed by atoms with Gasteiger partial charge in [0.15, 0.2) is 0 Å². The van der Waals surface area contributed by atoms with E-state index in [0.717, 1.165) is 35.1 Å². The van der Waals surface area contributed by atoms with Crippen molar-refractivity contribution in [2.24, 2.45) is 0 Å². The van der Waals surface area contributed by atoms with Crippen molar-refractivity contribution in [3.05, 3.63) is 96.1 Å². The van der Waals surface area contributed by atoms with Crippen LogP contribution in [0.25, 0.3) is 11.0 Å². The van der Waals surface area contributed by atoms with E-state index in [9.17, 15) is 4.79 Å². The minimum Gasteiger partial charge on any atom is -0.345 e. The number of pyridine rings is 1. The maximum Gasteiger partial charge on any atom is 0.251 e. The van der Waals surface area contributed by atoms with Crippen LogP contribution in [0, 0.1) is 0 Å². The molecule has 0 radical (unpaired) electrons. The Kier molecular flexibility index (Phi) is 6.62. The predicted octanol–water partition coefficient (Wildman–Crippen LogP) is 4.78. The van der Waals surface area contributed by atoms with Gasteiger partial charge in [0.1, 0.15) is 0 Å². The summed E-state index contributed by atoms with van der Waals surface area (Å²) in [6.45, 7) is 2.79. The summed E-state index contributed by atoms with van der Waals surface area (Å²) in [5.74, 6) is -0.0821. The molecule has 4 aromatic rings. The topological polar surface area (TPSA) is 59.8 Å². The first kappa shape index (κ1) is 20.6. The average Bonchev–Trinajstić information content (AvgIpc) is 3.15. The number of amides is 1. The Morgan fingerprint density at radius 2 is 1.83 bits per heavy atom. The standard InChI is InChI=1S/C23H22N4O.ClH/c1-2-20(18-6-4-3-5-7-18)26-23(28)19-8-9-22-21(14-19)25-16-27(22)15-17-10-12-24-13-11-17;/h3-14,16,20H,2,15H2,1H3,(H,26,28);1H/t20-;/m1./s1. The second-order valence-corrected chi connectivity index (χ2v) is 6.78. The number of carbonyl (C=O) groups excluding carboxylic acids is 1. The molecular formula is C23H23ClN4O. The van der Waals surface area contributed by atoms with Gasteiger partial charge in [-0.05, 0) is 47.9 Å². The normalized spacial score (nSPS) is 11.6. The molecule has 0 unspecified atom stereocenters. The lowest BCUT2D eigenvalue weighted by Crippen LogP contribution is -2.28. The van der Waals surface area contributed by atoms with Gasteiger partial charge >= 0.3 is 0 Å². The molecule has 0 saturated heterocycles. The van der Waals surface area contributed by atoms with Crippen LogP contribution in [0.15, 0.2) is 79.4 Å². The van der Waals surface area contributed by atoms with Crippen LogP contribution in [-0.4, -0.2) is 20.4 Å². The number of carbonyl (C=O) groups is 1.